The number of ether oxygens (including phenoxy) is 2. The first-order chi connectivity index (χ1) is 8.69. The van der Waals surface area contributed by atoms with Crippen LogP contribution in [0.1, 0.15) is 6.42 Å². The standard InChI is InChI=1S/C13H18N2O3/c1-17-10-3-4-12(18-2)11(6-10)15-8-9(7-14)5-13(15)16/h3-4,6,9H,5,7-8,14H2,1-2H3. The van der Waals surface area contributed by atoms with Crippen LogP contribution >= 0.6 is 0 Å². The second-order valence-corrected chi connectivity index (χ2v) is 4.35. The van der Waals surface area contributed by atoms with Crippen molar-refractivity contribution in [3.8, 4) is 11.5 Å². The van der Waals surface area contributed by atoms with Crippen molar-refractivity contribution in [3.63, 3.8) is 0 Å². The zero-order chi connectivity index (χ0) is 13.1. The highest BCUT2D eigenvalue weighted by atomic mass is 16.5. The van der Waals surface area contributed by atoms with Gasteiger partial charge in [-0.25, -0.2) is 0 Å². The molecule has 1 heterocycles. The van der Waals surface area contributed by atoms with Crippen molar-refractivity contribution in [3.05, 3.63) is 18.2 Å². The number of carbonyl (C=O) groups excluding carboxylic acids is 1. The molecule has 1 unspecified atom stereocenters. The molecule has 0 aromatic heterocycles. The van der Waals surface area contributed by atoms with E-state index >= 15 is 0 Å². The molecular weight excluding hydrogens is 232 g/mol. The van der Waals surface area contributed by atoms with Crippen molar-refractivity contribution in [1.82, 2.24) is 0 Å². The minimum absolute atomic E-state index is 0.0806. The molecule has 0 bridgehead atoms. The number of rotatable bonds is 4. The van der Waals surface area contributed by atoms with E-state index in [-0.39, 0.29) is 11.8 Å². The van der Waals surface area contributed by atoms with Crippen molar-refractivity contribution in [2.24, 2.45) is 11.7 Å². The van der Waals surface area contributed by atoms with Gasteiger partial charge in [-0.05, 0) is 24.6 Å². The Hall–Kier alpha value is -1.75. The lowest BCUT2D eigenvalue weighted by atomic mass is 10.1. The molecule has 1 aromatic carbocycles. The fourth-order valence-electron chi connectivity index (χ4n) is 2.18. The van der Waals surface area contributed by atoms with E-state index < -0.39 is 0 Å². The number of benzene rings is 1. The number of hydrogen-bond acceptors (Lipinski definition) is 4. The third-order valence-corrected chi connectivity index (χ3v) is 3.22. The summed E-state index contributed by atoms with van der Waals surface area (Å²) in [5, 5.41) is 0. The fraction of sp³-hybridized carbons (Fsp3) is 0.462. The van der Waals surface area contributed by atoms with Gasteiger partial charge in [0.2, 0.25) is 5.91 Å². The van der Waals surface area contributed by atoms with E-state index in [1.807, 2.05) is 12.1 Å². The summed E-state index contributed by atoms with van der Waals surface area (Å²) < 4.78 is 10.5. The number of anilines is 1. The topological polar surface area (TPSA) is 64.8 Å². The summed E-state index contributed by atoms with van der Waals surface area (Å²) in [6, 6.07) is 5.43. The van der Waals surface area contributed by atoms with Crippen molar-refractivity contribution in [1.29, 1.82) is 0 Å². The van der Waals surface area contributed by atoms with Crippen LogP contribution in [0, 0.1) is 5.92 Å². The quantitative estimate of drug-likeness (QED) is 0.866. The minimum Gasteiger partial charge on any atom is -0.497 e. The van der Waals surface area contributed by atoms with Gasteiger partial charge in [0, 0.05) is 19.0 Å². The maximum absolute atomic E-state index is 12.0. The van der Waals surface area contributed by atoms with Crippen LogP contribution in [-0.2, 0) is 4.79 Å². The van der Waals surface area contributed by atoms with Crippen LogP contribution in [-0.4, -0.2) is 33.2 Å². The highest BCUT2D eigenvalue weighted by Gasteiger charge is 2.31. The van der Waals surface area contributed by atoms with E-state index in [2.05, 4.69) is 0 Å². The third-order valence-electron chi connectivity index (χ3n) is 3.22. The Morgan fingerprint density at radius 3 is 2.72 bits per heavy atom. The monoisotopic (exact) mass is 250 g/mol. The van der Waals surface area contributed by atoms with E-state index in [0.717, 1.165) is 5.69 Å². The molecule has 0 radical (unpaired) electrons. The number of nitrogens with zero attached hydrogens (tertiary/aromatic N) is 1. The molecule has 18 heavy (non-hydrogen) atoms. The molecule has 1 atom stereocenters. The average Bonchev–Trinajstić information content (AvgIpc) is 2.79. The van der Waals surface area contributed by atoms with Gasteiger partial charge in [-0.2, -0.15) is 0 Å². The highest BCUT2D eigenvalue weighted by molar-refractivity contribution is 5.97. The van der Waals surface area contributed by atoms with Gasteiger partial charge in [0.15, 0.2) is 0 Å². The third kappa shape index (κ3) is 2.26. The lowest BCUT2D eigenvalue weighted by Crippen LogP contribution is -2.26. The molecule has 1 aromatic rings. The molecule has 5 heteroatoms. The summed E-state index contributed by atoms with van der Waals surface area (Å²) >= 11 is 0. The summed E-state index contributed by atoms with van der Waals surface area (Å²) in [6.45, 7) is 1.16. The summed E-state index contributed by atoms with van der Waals surface area (Å²) in [5.41, 5.74) is 6.38. The lowest BCUT2D eigenvalue weighted by Gasteiger charge is -2.20. The normalized spacial score (nSPS) is 19.2. The minimum atomic E-state index is 0.0806. The van der Waals surface area contributed by atoms with Gasteiger partial charge in [-0.1, -0.05) is 0 Å². The molecule has 98 valence electrons. The summed E-state index contributed by atoms with van der Waals surface area (Å²) in [7, 11) is 3.19. The molecule has 1 aliphatic heterocycles. The van der Waals surface area contributed by atoms with Crippen LogP contribution < -0.4 is 20.1 Å². The van der Waals surface area contributed by atoms with Gasteiger partial charge in [-0.3, -0.25) is 4.79 Å². The predicted octanol–water partition coefficient (Wildman–Crippen LogP) is 1.02. The second-order valence-electron chi connectivity index (χ2n) is 4.35. The summed E-state index contributed by atoms with van der Waals surface area (Å²) in [5.74, 6) is 1.67. The smallest absolute Gasteiger partial charge is 0.227 e. The molecule has 5 nitrogen and oxygen atoms in total. The maximum Gasteiger partial charge on any atom is 0.227 e. The molecule has 0 saturated carbocycles. The Balaban J connectivity index is 2.34. The summed E-state index contributed by atoms with van der Waals surface area (Å²) in [6.07, 6.45) is 0.497. The number of methoxy groups -OCH3 is 2. The first-order valence-electron chi connectivity index (χ1n) is 5.92. The van der Waals surface area contributed by atoms with Gasteiger partial charge in [0.1, 0.15) is 11.5 Å². The maximum atomic E-state index is 12.0. The summed E-state index contributed by atoms with van der Waals surface area (Å²) in [4.78, 5) is 13.7. The van der Waals surface area contributed by atoms with Crippen LogP contribution in [0.5, 0.6) is 11.5 Å². The molecule has 1 aliphatic rings. The molecular formula is C13H18N2O3. The molecule has 0 spiro atoms. The van der Waals surface area contributed by atoms with E-state index in [9.17, 15) is 4.79 Å². The number of amides is 1. The Labute approximate surface area is 106 Å². The van der Waals surface area contributed by atoms with Crippen LogP contribution in [0.2, 0.25) is 0 Å². The van der Waals surface area contributed by atoms with Crippen LogP contribution in [0.15, 0.2) is 18.2 Å². The molecule has 1 fully saturated rings. The van der Waals surface area contributed by atoms with Gasteiger partial charge >= 0.3 is 0 Å². The highest BCUT2D eigenvalue weighted by Crippen LogP contribution is 2.35. The molecule has 1 saturated heterocycles. The molecule has 0 aliphatic carbocycles. The van der Waals surface area contributed by atoms with Gasteiger partial charge < -0.3 is 20.1 Å². The Bertz CT molecular complexity index is 448. The van der Waals surface area contributed by atoms with Crippen molar-refractivity contribution < 1.29 is 14.3 Å². The number of carbonyl (C=O) groups is 1. The average molecular weight is 250 g/mol. The van der Waals surface area contributed by atoms with Crippen LogP contribution in [0.25, 0.3) is 0 Å². The largest absolute Gasteiger partial charge is 0.497 e. The zero-order valence-electron chi connectivity index (χ0n) is 10.7. The van der Waals surface area contributed by atoms with Gasteiger partial charge in [-0.15, -0.1) is 0 Å². The SMILES string of the molecule is COc1ccc(OC)c(N2CC(CN)CC2=O)c1. The molecule has 2 N–H and O–H groups in total. The van der Waals surface area contributed by atoms with Crippen LogP contribution in [0.4, 0.5) is 5.69 Å². The van der Waals surface area contributed by atoms with Crippen LogP contribution in [0.3, 0.4) is 0 Å². The van der Waals surface area contributed by atoms with E-state index in [4.69, 9.17) is 15.2 Å². The Morgan fingerprint density at radius 2 is 2.17 bits per heavy atom. The molecule has 1 amide bonds. The van der Waals surface area contributed by atoms with Crippen molar-refractivity contribution >= 4 is 11.6 Å². The Morgan fingerprint density at radius 1 is 1.39 bits per heavy atom. The lowest BCUT2D eigenvalue weighted by molar-refractivity contribution is -0.117. The first kappa shape index (κ1) is 12.7. The van der Waals surface area contributed by atoms with Gasteiger partial charge in [0.05, 0.1) is 19.9 Å². The van der Waals surface area contributed by atoms with E-state index in [1.165, 1.54) is 0 Å². The van der Waals surface area contributed by atoms with Crippen molar-refractivity contribution in [2.45, 2.75) is 6.42 Å². The van der Waals surface area contributed by atoms with Crippen molar-refractivity contribution in [2.75, 3.05) is 32.2 Å². The first-order valence-corrected chi connectivity index (χ1v) is 5.92. The molecule has 2 rings (SSSR count). The zero-order valence-corrected chi connectivity index (χ0v) is 10.7. The second kappa shape index (κ2) is 5.27. The van der Waals surface area contributed by atoms with Gasteiger partial charge in [0.25, 0.3) is 0 Å². The number of nitrogens with two attached hydrogens (primary N) is 1. The van der Waals surface area contributed by atoms with E-state index in [0.29, 0.717) is 31.0 Å². The Kier molecular flexibility index (Phi) is 3.72. The predicted molar refractivity (Wildman–Crippen MR) is 69.1 cm³/mol. The fourth-order valence-corrected chi connectivity index (χ4v) is 2.18. The van der Waals surface area contributed by atoms with E-state index in [1.54, 1.807) is 25.2 Å². The number of hydrogen-bond donors (Lipinski definition) is 1.